The minimum atomic E-state index is 0.782. The summed E-state index contributed by atoms with van der Waals surface area (Å²) < 4.78 is 1.10. The molecule has 3 nitrogen and oxygen atoms in total. The molecule has 0 spiro atoms. The molecule has 0 aromatic carbocycles. The van der Waals surface area contributed by atoms with Gasteiger partial charge >= 0.3 is 0 Å². The van der Waals surface area contributed by atoms with Gasteiger partial charge in [0.15, 0.2) is 4.34 Å². The van der Waals surface area contributed by atoms with Gasteiger partial charge in [-0.05, 0) is 32.2 Å². The van der Waals surface area contributed by atoms with Crippen LogP contribution in [0.1, 0.15) is 25.7 Å². The second-order valence-corrected chi connectivity index (χ2v) is 5.66. The lowest BCUT2D eigenvalue weighted by atomic mass is 10.1. The van der Waals surface area contributed by atoms with E-state index in [4.69, 9.17) is 0 Å². The maximum atomic E-state index is 4.00. The first-order valence-electron chi connectivity index (χ1n) is 5.07. The van der Waals surface area contributed by atoms with Crippen molar-refractivity contribution < 1.29 is 0 Å². The van der Waals surface area contributed by atoms with E-state index in [1.165, 1.54) is 38.0 Å². The summed E-state index contributed by atoms with van der Waals surface area (Å²) in [7, 11) is 0. The SMILES string of the molecule is c1nnc(SCCCC2CCCN2)s1. The van der Waals surface area contributed by atoms with Crippen LogP contribution in [0.5, 0.6) is 0 Å². The molecule has 1 atom stereocenters. The summed E-state index contributed by atoms with van der Waals surface area (Å²) in [5.41, 5.74) is 1.79. The van der Waals surface area contributed by atoms with E-state index in [-0.39, 0.29) is 0 Å². The number of hydrogen-bond donors (Lipinski definition) is 1. The summed E-state index contributed by atoms with van der Waals surface area (Å²) in [5, 5.41) is 11.3. The van der Waals surface area contributed by atoms with Crippen molar-refractivity contribution >= 4 is 23.1 Å². The van der Waals surface area contributed by atoms with E-state index < -0.39 is 0 Å². The molecule has 0 saturated carbocycles. The van der Waals surface area contributed by atoms with Crippen LogP contribution < -0.4 is 5.32 Å². The van der Waals surface area contributed by atoms with E-state index in [1.54, 1.807) is 16.8 Å². The van der Waals surface area contributed by atoms with Crippen LogP contribution in [0.25, 0.3) is 0 Å². The molecule has 0 radical (unpaired) electrons. The lowest BCUT2D eigenvalue weighted by molar-refractivity contribution is 0.553. The minimum Gasteiger partial charge on any atom is -0.314 e. The first kappa shape index (κ1) is 10.4. The van der Waals surface area contributed by atoms with E-state index in [1.807, 2.05) is 11.8 Å². The van der Waals surface area contributed by atoms with Crippen LogP contribution in [-0.4, -0.2) is 28.5 Å². The Morgan fingerprint density at radius 1 is 1.64 bits per heavy atom. The fourth-order valence-electron chi connectivity index (χ4n) is 1.72. The van der Waals surface area contributed by atoms with Crippen LogP contribution in [0.15, 0.2) is 9.85 Å². The molecular formula is C9H15N3S2. The number of aromatic nitrogens is 2. The van der Waals surface area contributed by atoms with E-state index in [0.717, 1.165) is 10.4 Å². The lowest BCUT2D eigenvalue weighted by Crippen LogP contribution is -2.20. The Morgan fingerprint density at radius 2 is 2.64 bits per heavy atom. The smallest absolute Gasteiger partial charge is 0.174 e. The molecule has 0 aliphatic carbocycles. The highest BCUT2D eigenvalue weighted by molar-refractivity contribution is 8.00. The molecule has 0 amide bonds. The maximum absolute atomic E-state index is 4.00. The number of nitrogens with one attached hydrogen (secondary N) is 1. The molecule has 1 aliphatic rings. The van der Waals surface area contributed by atoms with Crippen molar-refractivity contribution in [2.45, 2.75) is 36.1 Å². The molecule has 1 unspecified atom stereocenters. The highest BCUT2D eigenvalue weighted by atomic mass is 32.2. The highest BCUT2D eigenvalue weighted by Gasteiger charge is 2.12. The average Bonchev–Trinajstić information content (AvgIpc) is 2.86. The van der Waals surface area contributed by atoms with Crippen LogP contribution in [0.4, 0.5) is 0 Å². The van der Waals surface area contributed by atoms with Gasteiger partial charge in [-0.15, -0.1) is 10.2 Å². The Morgan fingerprint density at radius 3 is 3.36 bits per heavy atom. The molecule has 1 N–H and O–H groups in total. The molecule has 2 heterocycles. The average molecular weight is 229 g/mol. The summed E-state index contributed by atoms with van der Waals surface area (Å²) in [4.78, 5) is 0. The van der Waals surface area contributed by atoms with Gasteiger partial charge < -0.3 is 5.32 Å². The Hall–Kier alpha value is -0.130. The Kier molecular flexibility index (Phi) is 4.21. The zero-order chi connectivity index (χ0) is 9.64. The number of nitrogens with zero attached hydrogens (tertiary/aromatic N) is 2. The van der Waals surface area contributed by atoms with Crippen molar-refractivity contribution in [2.24, 2.45) is 0 Å². The highest BCUT2D eigenvalue weighted by Crippen LogP contribution is 2.21. The van der Waals surface area contributed by atoms with E-state index in [9.17, 15) is 0 Å². The van der Waals surface area contributed by atoms with Gasteiger partial charge in [0.25, 0.3) is 0 Å². The Balaban J connectivity index is 1.55. The topological polar surface area (TPSA) is 37.8 Å². The number of hydrogen-bond acceptors (Lipinski definition) is 5. The predicted octanol–water partition coefficient (Wildman–Crippen LogP) is 2.16. The van der Waals surface area contributed by atoms with E-state index in [0.29, 0.717) is 0 Å². The zero-order valence-corrected chi connectivity index (χ0v) is 9.74. The van der Waals surface area contributed by atoms with Gasteiger partial charge in [-0.25, -0.2) is 0 Å². The van der Waals surface area contributed by atoms with E-state index in [2.05, 4.69) is 15.5 Å². The van der Waals surface area contributed by atoms with Crippen molar-refractivity contribution in [1.82, 2.24) is 15.5 Å². The molecule has 1 saturated heterocycles. The van der Waals surface area contributed by atoms with Crippen molar-refractivity contribution in [3.63, 3.8) is 0 Å². The van der Waals surface area contributed by atoms with Gasteiger partial charge in [-0.3, -0.25) is 0 Å². The summed E-state index contributed by atoms with van der Waals surface area (Å²) in [5.74, 6) is 1.17. The summed E-state index contributed by atoms with van der Waals surface area (Å²) in [6, 6.07) is 0.782. The quantitative estimate of drug-likeness (QED) is 0.620. The maximum Gasteiger partial charge on any atom is 0.174 e. The third-order valence-corrected chi connectivity index (χ3v) is 4.37. The molecular weight excluding hydrogens is 214 g/mol. The second-order valence-electron chi connectivity index (χ2n) is 3.49. The van der Waals surface area contributed by atoms with Gasteiger partial charge in [-0.1, -0.05) is 23.1 Å². The molecule has 0 bridgehead atoms. The predicted molar refractivity (Wildman–Crippen MR) is 60.9 cm³/mol. The fourth-order valence-corrected chi connectivity index (χ4v) is 3.24. The molecule has 14 heavy (non-hydrogen) atoms. The van der Waals surface area contributed by atoms with E-state index >= 15 is 0 Å². The summed E-state index contributed by atoms with van der Waals surface area (Å²) in [6.45, 7) is 1.22. The van der Waals surface area contributed by atoms with Crippen LogP contribution in [0, 0.1) is 0 Å². The third kappa shape index (κ3) is 3.22. The monoisotopic (exact) mass is 229 g/mol. The van der Waals surface area contributed by atoms with Gasteiger partial charge in [0.05, 0.1) is 0 Å². The zero-order valence-electron chi connectivity index (χ0n) is 8.11. The Bertz CT molecular complexity index is 245. The molecule has 1 aromatic rings. The molecule has 2 rings (SSSR count). The van der Waals surface area contributed by atoms with Gasteiger partial charge in [0, 0.05) is 11.8 Å². The Labute approximate surface area is 92.7 Å². The molecule has 78 valence electrons. The van der Waals surface area contributed by atoms with Gasteiger partial charge in [0.1, 0.15) is 5.51 Å². The van der Waals surface area contributed by atoms with Crippen molar-refractivity contribution in [1.29, 1.82) is 0 Å². The molecule has 5 heteroatoms. The lowest BCUT2D eigenvalue weighted by Gasteiger charge is -2.08. The van der Waals surface area contributed by atoms with Crippen LogP contribution >= 0.6 is 23.1 Å². The number of rotatable bonds is 5. The second kappa shape index (κ2) is 5.68. The third-order valence-electron chi connectivity index (χ3n) is 2.42. The van der Waals surface area contributed by atoms with Crippen molar-refractivity contribution in [3.8, 4) is 0 Å². The van der Waals surface area contributed by atoms with Crippen LogP contribution in [0.3, 0.4) is 0 Å². The van der Waals surface area contributed by atoms with Gasteiger partial charge in [0.2, 0.25) is 0 Å². The summed E-state index contributed by atoms with van der Waals surface area (Å²) >= 11 is 3.46. The first-order chi connectivity index (χ1) is 6.95. The molecule has 1 aromatic heterocycles. The first-order valence-corrected chi connectivity index (χ1v) is 6.94. The fraction of sp³-hybridized carbons (Fsp3) is 0.778. The van der Waals surface area contributed by atoms with Gasteiger partial charge in [-0.2, -0.15) is 0 Å². The van der Waals surface area contributed by atoms with Crippen LogP contribution in [-0.2, 0) is 0 Å². The van der Waals surface area contributed by atoms with Crippen molar-refractivity contribution in [2.75, 3.05) is 12.3 Å². The largest absolute Gasteiger partial charge is 0.314 e. The van der Waals surface area contributed by atoms with Crippen LogP contribution in [0.2, 0.25) is 0 Å². The number of thioether (sulfide) groups is 1. The minimum absolute atomic E-state index is 0.782. The summed E-state index contributed by atoms with van der Waals surface area (Å²) in [6.07, 6.45) is 5.31. The molecule has 1 fully saturated rings. The van der Waals surface area contributed by atoms with Crippen molar-refractivity contribution in [3.05, 3.63) is 5.51 Å². The molecule has 1 aliphatic heterocycles. The normalized spacial score (nSPS) is 21.6. The standard InChI is InChI=1S/C9H15N3S2/c1-3-8(10-5-1)4-2-6-13-9-12-11-7-14-9/h7-8,10H,1-6H2.